The van der Waals surface area contributed by atoms with Crippen LogP contribution in [-0.4, -0.2) is 27.8 Å². The van der Waals surface area contributed by atoms with Crippen LogP contribution in [0, 0.1) is 6.92 Å². The number of rotatable bonds is 5. The SMILES string of the molecule is COc1ccc2c(Cc3ccc(C)c(C(=O)O)c3)c(-c3ccccc3)nn2c1. The van der Waals surface area contributed by atoms with Crippen LogP contribution in [0.2, 0.25) is 0 Å². The van der Waals surface area contributed by atoms with Gasteiger partial charge in [-0.25, -0.2) is 9.31 Å². The largest absolute Gasteiger partial charge is 0.495 e. The van der Waals surface area contributed by atoms with E-state index in [9.17, 15) is 9.90 Å². The predicted molar refractivity (Wildman–Crippen MR) is 108 cm³/mol. The Morgan fingerprint density at radius 3 is 2.61 bits per heavy atom. The lowest BCUT2D eigenvalue weighted by molar-refractivity contribution is 0.0696. The van der Waals surface area contributed by atoms with Gasteiger partial charge in [-0.1, -0.05) is 42.5 Å². The minimum atomic E-state index is -0.910. The molecule has 0 radical (unpaired) electrons. The number of aromatic carboxylic acids is 1. The topological polar surface area (TPSA) is 63.8 Å². The molecule has 0 saturated carbocycles. The number of nitrogens with zero attached hydrogens (tertiary/aromatic N) is 2. The Labute approximate surface area is 162 Å². The summed E-state index contributed by atoms with van der Waals surface area (Å²) < 4.78 is 7.15. The van der Waals surface area contributed by atoms with E-state index >= 15 is 0 Å². The first-order chi connectivity index (χ1) is 13.6. The molecule has 2 heterocycles. The molecule has 5 heteroatoms. The van der Waals surface area contributed by atoms with Gasteiger partial charge in [-0.15, -0.1) is 0 Å². The van der Waals surface area contributed by atoms with E-state index in [4.69, 9.17) is 9.84 Å². The fourth-order valence-corrected chi connectivity index (χ4v) is 3.42. The molecule has 28 heavy (non-hydrogen) atoms. The molecule has 0 aliphatic heterocycles. The van der Waals surface area contributed by atoms with E-state index in [-0.39, 0.29) is 0 Å². The molecule has 5 nitrogen and oxygen atoms in total. The Kier molecular flexibility index (Phi) is 4.57. The van der Waals surface area contributed by atoms with Gasteiger partial charge in [-0.2, -0.15) is 5.10 Å². The quantitative estimate of drug-likeness (QED) is 0.556. The second-order valence-electron chi connectivity index (χ2n) is 6.72. The first kappa shape index (κ1) is 17.8. The fourth-order valence-electron chi connectivity index (χ4n) is 3.42. The average Bonchev–Trinajstić information content (AvgIpc) is 3.07. The zero-order valence-corrected chi connectivity index (χ0v) is 15.7. The second-order valence-corrected chi connectivity index (χ2v) is 6.72. The van der Waals surface area contributed by atoms with Gasteiger partial charge in [0.05, 0.1) is 30.1 Å². The Morgan fingerprint density at radius 1 is 1.11 bits per heavy atom. The smallest absolute Gasteiger partial charge is 0.335 e. The minimum Gasteiger partial charge on any atom is -0.495 e. The highest BCUT2D eigenvalue weighted by Crippen LogP contribution is 2.30. The van der Waals surface area contributed by atoms with Crippen molar-refractivity contribution in [1.82, 2.24) is 9.61 Å². The van der Waals surface area contributed by atoms with E-state index in [0.29, 0.717) is 12.0 Å². The maximum Gasteiger partial charge on any atom is 0.335 e. The van der Waals surface area contributed by atoms with Gasteiger partial charge < -0.3 is 9.84 Å². The number of fused-ring (bicyclic) bond motifs is 1. The normalized spacial score (nSPS) is 10.9. The van der Waals surface area contributed by atoms with Crippen LogP contribution in [0.1, 0.15) is 27.0 Å². The van der Waals surface area contributed by atoms with E-state index in [0.717, 1.165) is 39.2 Å². The molecule has 0 spiro atoms. The van der Waals surface area contributed by atoms with Gasteiger partial charge in [0.15, 0.2) is 0 Å². The van der Waals surface area contributed by atoms with Gasteiger partial charge in [0.25, 0.3) is 0 Å². The minimum absolute atomic E-state index is 0.330. The van der Waals surface area contributed by atoms with E-state index < -0.39 is 5.97 Å². The van der Waals surface area contributed by atoms with E-state index in [1.54, 1.807) is 13.2 Å². The summed E-state index contributed by atoms with van der Waals surface area (Å²) in [5, 5.41) is 14.2. The van der Waals surface area contributed by atoms with Crippen molar-refractivity contribution in [3.63, 3.8) is 0 Å². The highest BCUT2D eigenvalue weighted by Gasteiger charge is 2.17. The lowest BCUT2D eigenvalue weighted by Crippen LogP contribution is -2.01. The zero-order chi connectivity index (χ0) is 19.7. The number of pyridine rings is 1. The molecule has 0 aliphatic carbocycles. The molecule has 140 valence electrons. The summed E-state index contributed by atoms with van der Waals surface area (Å²) in [6, 6.07) is 19.5. The standard InChI is InChI=1S/C23H20N2O3/c1-15-8-9-16(12-19(15)23(26)27)13-20-21-11-10-18(28-2)14-25(21)24-22(20)17-6-4-3-5-7-17/h3-12,14H,13H2,1-2H3,(H,26,27). The van der Waals surface area contributed by atoms with Crippen LogP contribution < -0.4 is 4.74 Å². The molecule has 0 saturated heterocycles. The van der Waals surface area contributed by atoms with Crippen LogP contribution in [0.25, 0.3) is 16.8 Å². The maximum absolute atomic E-state index is 11.5. The van der Waals surface area contributed by atoms with Gasteiger partial charge in [0, 0.05) is 17.5 Å². The van der Waals surface area contributed by atoms with Gasteiger partial charge in [0.1, 0.15) is 5.75 Å². The Balaban J connectivity index is 1.87. The summed E-state index contributed by atoms with van der Waals surface area (Å²) in [5.74, 6) is -0.183. The number of hydrogen-bond donors (Lipinski definition) is 1. The fraction of sp³-hybridized carbons (Fsp3) is 0.130. The summed E-state index contributed by atoms with van der Waals surface area (Å²) >= 11 is 0. The van der Waals surface area contributed by atoms with Crippen LogP contribution in [-0.2, 0) is 6.42 Å². The molecule has 0 atom stereocenters. The molecule has 0 amide bonds. The van der Waals surface area contributed by atoms with Gasteiger partial charge in [0.2, 0.25) is 0 Å². The van der Waals surface area contributed by atoms with Crippen LogP contribution in [0.3, 0.4) is 0 Å². The highest BCUT2D eigenvalue weighted by atomic mass is 16.5. The highest BCUT2D eigenvalue weighted by molar-refractivity contribution is 5.89. The van der Waals surface area contributed by atoms with Crippen LogP contribution in [0.5, 0.6) is 5.75 Å². The Hall–Kier alpha value is -3.60. The average molecular weight is 372 g/mol. The van der Waals surface area contributed by atoms with Crippen molar-refractivity contribution < 1.29 is 14.6 Å². The molecule has 1 N–H and O–H groups in total. The third-order valence-electron chi connectivity index (χ3n) is 4.90. The molecule has 0 bridgehead atoms. The van der Waals surface area contributed by atoms with Crippen LogP contribution in [0.4, 0.5) is 0 Å². The number of carboxylic acids is 1. The van der Waals surface area contributed by atoms with Gasteiger partial charge in [-0.05, 0) is 36.2 Å². The van der Waals surface area contributed by atoms with E-state index in [1.807, 2.05) is 72.2 Å². The zero-order valence-electron chi connectivity index (χ0n) is 15.7. The number of methoxy groups -OCH3 is 1. The summed E-state index contributed by atoms with van der Waals surface area (Å²) in [7, 11) is 1.63. The van der Waals surface area contributed by atoms with Crippen molar-refractivity contribution in [3.8, 4) is 17.0 Å². The van der Waals surface area contributed by atoms with Gasteiger partial charge in [-0.3, -0.25) is 0 Å². The first-order valence-corrected chi connectivity index (χ1v) is 9.00. The number of benzene rings is 2. The van der Waals surface area contributed by atoms with Crippen molar-refractivity contribution in [2.45, 2.75) is 13.3 Å². The van der Waals surface area contributed by atoms with Gasteiger partial charge >= 0.3 is 5.97 Å². The van der Waals surface area contributed by atoms with Crippen molar-refractivity contribution in [1.29, 1.82) is 0 Å². The molecule has 2 aromatic heterocycles. The first-order valence-electron chi connectivity index (χ1n) is 9.00. The molecule has 4 rings (SSSR count). The summed E-state index contributed by atoms with van der Waals surface area (Å²) in [6.45, 7) is 1.81. The summed E-state index contributed by atoms with van der Waals surface area (Å²) in [6.07, 6.45) is 2.43. The second kappa shape index (κ2) is 7.19. The summed E-state index contributed by atoms with van der Waals surface area (Å²) in [4.78, 5) is 11.5. The van der Waals surface area contributed by atoms with Crippen molar-refractivity contribution in [2.24, 2.45) is 0 Å². The summed E-state index contributed by atoms with van der Waals surface area (Å²) in [5.41, 5.74) is 5.94. The molecule has 2 aromatic carbocycles. The molecule has 0 fully saturated rings. The number of carboxylic acid groups (broad SMARTS) is 1. The third-order valence-corrected chi connectivity index (χ3v) is 4.90. The molecule has 0 unspecified atom stereocenters. The van der Waals surface area contributed by atoms with Crippen molar-refractivity contribution in [3.05, 3.63) is 89.1 Å². The van der Waals surface area contributed by atoms with E-state index in [2.05, 4.69) is 0 Å². The van der Waals surface area contributed by atoms with Crippen LogP contribution >= 0.6 is 0 Å². The number of carbonyl (C=O) groups is 1. The molecule has 4 aromatic rings. The Bertz CT molecular complexity index is 1160. The molecular weight excluding hydrogens is 352 g/mol. The number of aryl methyl sites for hydroxylation is 1. The predicted octanol–water partition coefficient (Wildman–Crippen LogP) is 4.61. The number of aromatic nitrogens is 2. The lowest BCUT2D eigenvalue weighted by atomic mass is 9.97. The maximum atomic E-state index is 11.5. The van der Waals surface area contributed by atoms with Crippen molar-refractivity contribution >= 4 is 11.5 Å². The van der Waals surface area contributed by atoms with Crippen LogP contribution in [0.15, 0.2) is 66.9 Å². The third kappa shape index (κ3) is 3.22. The monoisotopic (exact) mass is 372 g/mol. The van der Waals surface area contributed by atoms with E-state index in [1.165, 1.54) is 0 Å². The number of hydrogen-bond acceptors (Lipinski definition) is 3. The van der Waals surface area contributed by atoms with Crippen molar-refractivity contribution in [2.75, 3.05) is 7.11 Å². The Morgan fingerprint density at radius 2 is 1.89 bits per heavy atom. The number of ether oxygens (including phenoxy) is 1. The molecular formula is C23H20N2O3. The molecule has 0 aliphatic rings. The lowest BCUT2D eigenvalue weighted by Gasteiger charge is -2.07.